The van der Waals surface area contributed by atoms with E-state index in [4.69, 9.17) is 4.74 Å². The first kappa shape index (κ1) is 12.6. The summed E-state index contributed by atoms with van der Waals surface area (Å²) >= 11 is 0. The predicted octanol–water partition coefficient (Wildman–Crippen LogP) is 2.12. The van der Waals surface area contributed by atoms with Crippen molar-refractivity contribution < 1.29 is 4.74 Å². The van der Waals surface area contributed by atoms with Gasteiger partial charge in [-0.05, 0) is 33.2 Å². The van der Waals surface area contributed by atoms with Crippen molar-refractivity contribution in [3.63, 3.8) is 0 Å². The Balaban J connectivity index is 2.21. The average molecular weight is 237 g/mol. The summed E-state index contributed by atoms with van der Waals surface area (Å²) in [6.07, 6.45) is 6.35. The van der Waals surface area contributed by atoms with Gasteiger partial charge in [0, 0.05) is 24.9 Å². The van der Waals surface area contributed by atoms with Crippen molar-refractivity contribution in [1.29, 1.82) is 0 Å². The minimum Gasteiger partial charge on any atom is -0.373 e. The van der Waals surface area contributed by atoms with E-state index in [0.29, 0.717) is 0 Å². The number of nitrogens with zero attached hydrogens (tertiary/aromatic N) is 2. The van der Waals surface area contributed by atoms with Gasteiger partial charge in [-0.3, -0.25) is 4.68 Å². The Bertz CT molecular complexity index is 355. The van der Waals surface area contributed by atoms with Crippen LogP contribution in [-0.4, -0.2) is 28.5 Å². The van der Waals surface area contributed by atoms with Crippen LogP contribution in [0.1, 0.15) is 45.2 Å². The molecule has 17 heavy (non-hydrogen) atoms. The molecule has 2 rings (SSSR count). The average Bonchev–Trinajstić information content (AvgIpc) is 2.95. The molecule has 96 valence electrons. The topological polar surface area (TPSA) is 39.1 Å². The predicted molar refractivity (Wildman–Crippen MR) is 67.9 cm³/mol. The number of rotatable bonds is 5. The lowest BCUT2D eigenvalue weighted by atomic mass is 9.89. The van der Waals surface area contributed by atoms with Gasteiger partial charge in [0.2, 0.25) is 0 Å². The molecule has 4 heteroatoms. The van der Waals surface area contributed by atoms with Gasteiger partial charge in [-0.25, -0.2) is 0 Å². The lowest BCUT2D eigenvalue weighted by Gasteiger charge is -2.33. The molecule has 1 aliphatic heterocycles. The maximum Gasteiger partial charge on any atom is 0.0850 e. The van der Waals surface area contributed by atoms with E-state index >= 15 is 0 Å². The third kappa shape index (κ3) is 2.53. The Morgan fingerprint density at radius 2 is 2.41 bits per heavy atom. The second-order valence-electron chi connectivity index (χ2n) is 4.88. The van der Waals surface area contributed by atoms with Crippen molar-refractivity contribution in [2.45, 2.75) is 51.8 Å². The van der Waals surface area contributed by atoms with Gasteiger partial charge in [-0.1, -0.05) is 6.92 Å². The van der Waals surface area contributed by atoms with Crippen molar-refractivity contribution in [3.05, 3.63) is 18.0 Å². The molecule has 0 radical (unpaired) electrons. The summed E-state index contributed by atoms with van der Waals surface area (Å²) in [4.78, 5) is 0. The van der Waals surface area contributed by atoms with Crippen LogP contribution in [0.5, 0.6) is 0 Å². The lowest BCUT2D eigenvalue weighted by Crippen LogP contribution is -2.41. The first-order chi connectivity index (χ1) is 8.19. The molecule has 1 fully saturated rings. The monoisotopic (exact) mass is 237 g/mol. The number of nitrogens with one attached hydrogen (secondary N) is 1. The van der Waals surface area contributed by atoms with E-state index in [2.05, 4.69) is 37.4 Å². The Kier molecular flexibility index (Phi) is 3.84. The van der Waals surface area contributed by atoms with Crippen LogP contribution in [0.4, 0.5) is 0 Å². The van der Waals surface area contributed by atoms with E-state index in [1.54, 1.807) is 0 Å². The normalized spacial score (nSPS) is 26.3. The molecule has 0 bridgehead atoms. The molecule has 1 aromatic heterocycles. The van der Waals surface area contributed by atoms with Gasteiger partial charge in [0.25, 0.3) is 0 Å². The zero-order valence-electron chi connectivity index (χ0n) is 11.1. The molecular weight excluding hydrogens is 214 g/mol. The zero-order valence-corrected chi connectivity index (χ0v) is 11.1. The molecule has 1 aromatic rings. The van der Waals surface area contributed by atoms with E-state index in [1.165, 1.54) is 5.56 Å². The van der Waals surface area contributed by atoms with Gasteiger partial charge in [0.15, 0.2) is 0 Å². The van der Waals surface area contributed by atoms with E-state index < -0.39 is 0 Å². The number of hydrogen-bond donors (Lipinski definition) is 1. The standard InChI is InChI=1S/C13H23N3O/c1-4-14-12(13(3)7-6-8-17-13)11-9-15-16(5-2)10-11/h9-10,12,14H,4-8H2,1-3H3. The van der Waals surface area contributed by atoms with Gasteiger partial charge >= 0.3 is 0 Å². The highest BCUT2D eigenvalue weighted by Gasteiger charge is 2.39. The summed E-state index contributed by atoms with van der Waals surface area (Å²) in [6, 6.07) is 0.246. The van der Waals surface area contributed by atoms with Crippen molar-refractivity contribution >= 4 is 0 Å². The minimum absolute atomic E-state index is 0.0857. The summed E-state index contributed by atoms with van der Waals surface area (Å²) in [6.45, 7) is 9.18. The molecule has 2 unspecified atom stereocenters. The molecule has 0 aromatic carbocycles. The fraction of sp³-hybridized carbons (Fsp3) is 0.769. The SMILES string of the molecule is CCNC(c1cnn(CC)c1)C1(C)CCCO1. The third-order valence-corrected chi connectivity index (χ3v) is 3.58. The van der Waals surface area contributed by atoms with Crippen molar-refractivity contribution in [2.24, 2.45) is 0 Å². The molecule has 0 saturated carbocycles. The molecule has 1 aliphatic rings. The maximum atomic E-state index is 5.95. The number of likely N-dealkylation sites (N-methyl/N-ethyl adjacent to an activating group) is 1. The second-order valence-corrected chi connectivity index (χ2v) is 4.88. The summed E-state index contributed by atoms with van der Waals surface area (Å²) in [5, 5.41) is 7.90. The van der Waals surface area contributed by atoms with Crippen molar-refractivity contribution in [1.82, 2.24) is 15.1 Å². The van der Waals surface area contributed by atoms with Gasteiger partial charge in [-0.15, -0.1) is 0 Å². The number of ether oxygens (including phenoxy) is 1. The third-order valence-electron chi connectivity index (χ3n) is 3.58. The van der Waals surface area contributed by atoms with Gasteiger partial charge in [0.05, 0.1) is 17.8 Å². The Morgan fingerprint density at radius 3 is 2.94 bits per heavy atom. The van der Waals surface area contributed by atoms with Crippen molar-refractivity contribution in [2.75, 3.05) is 13.2 Å². The lowest BCUT2D eigenvalue weighted by molar-refractivity contribution is -0.0121. The first-order valence-electron chi connectivity index (χ1n) is 6.59. The second kappa shape index (κ2) is 5.19. The summed E-state index contributed by atoms with van der Waals surface area (Å²) in [5.74, 6) is 0. The smallest absolute Gasteiger partial charge is 0.0850 e. The quantitative estimate of drug-likeness (QED) is 0.852. The van der Waals surface area contributed by atoms with Crippen LogP contribution in [0.15, 0.2) is 12.4 Å². The molecule has 2 atom stereocenters. The number of hydrogen-bond acceptors (Lipinski definition) is 3. The van der Waals surface area contributed by atoms with Crippen LogP contribution in [0, 0.1) is 0 Å². The molecule has 1 N–H and O–H groups in total. The fourth-order valence-corrected chi connectivity index (χ4v) is 2.62. The van der Waals surface area contributed by atoms with Gasteiger partial charge in [-0.2, -0.15) is 5.10 Å². The molecule has 0 aliphatic carbocycles. The fourth-order valence-electron chi connectivity index (χ4n) is 2.62. The zero-order chi connectivity index (χ0) is 12.3. The maximum absolute atomic E-state index is 5.95. The number of aryl methyl sites for hydroxylation is 1. The molecular formula is C13H23N3O. The summed E-state index contributed by atoms with van der Waals surface area (Å²) in [5.41, 5.74) is 1.15. The molecule has 0 spiro atoms. The van der Waals surface area contributed by atoms with Crippen LogP contribution < -0.4 is 5.32 Å². The Morgan fingerprint density at radius 1 is 1.59 bits per heavy atom. The van der Waals surface area contributed by atoms with Crippen molar-refractivity contribution in [3.8, 4) is 0 Å². The van der Waals surface area contributed by atoms with Crippen LogP contribution >= 0.6 is 0 Å². The molecule has 2 heterocycles. The van der Waals surface area contributed by atoms with Crippen LogP contribution in [0.25, 0.3) is 0 Å². The van der Waals surface area contributed by atoms with Crippen LogP contribution in [-0.2, 0) is 11.3 Å². The number of aromatic nitrogens is 2. The van der Waals surface area contributed by atoms with Crippen LogP contribution in [0.3, 0.4) is 0 Å². The molecule has 0 amide bonds. The highest BCUT2D eigenvalue weighted by atomic mass is 16.5. The largest absolute Gasteiger partial charge is 0.373 e. The van der Waals surface area contributed by atoms with E-state index in [-0.39, 0.29) is 11.6 Å². The van der Waals surface area contributed by atoms with Crippen LogP contribution in [0.2, 0.25) is 0 Å². The highest BCUT2D eigenvalue weighted by Crippen LogP contribution is 2.37. The minimum atomic E-state index is -0.0857. The summed E-state index contributed by atoms with van der Waals surface area (Å²) < 4.78 is 7.92. The Labute approximate surface area is 103 Å². The van der Waals surface area contributed by atoms with E-state index in [9.17, 15) is 0 Å². The van der Waals surface area contributed by atoms with E-state index in [1.807, 2.05) is 10.9 Å². The highest BCUT2D eigenvalue weighted by molar-refractivity contribution is 5.16. The first-order valence-corrected chi connectivity index (χ1v) is 6.59. The molecule has 1 saturated heterocycles. The van der Waals surface area contributed by atoms with E-state index in [0.717, 1.165) is 32.5 Å². The Hall–Kier alpha value is -0.870. The van der Waals surface area contributed by atoms with Gasteiger partial charge < -0.3 is 10.1 Å². The summed E-state index contributed by atoms with van der Waals surface area (Å²) in [7, 11) is 0. The van der Waals surface area contributed by atoms with Gasteiger partial charge in [0.1, 0.15) is 0 Å². The molecule has 4 nitrogen and oxygen atoms in total.